The SMILES string of the molecule is Fc1ccc(COc2ccc(CNC3CC3)nc2)cc1Cl. The van der Waals surface area contributed by atoms with Crippen molar-refractivity contribution in [3.05, 3.63) is 58.6 Å². The van der Waals surface area contributed by atoms with Crippen LogP contribution in [0.25, 0.3) is 0 Å². The van der Waals surface area contributed by atoms with Crippen LogP contribution < -0.4 is 10.1 Å². The number of pyridine rings is 1. The second-order valence-electron chi connectivity index (χ2n) is 5.18. The third kappa shape index (κ3) is 4.16. The minimum Gasteiger partial charge on any atom is -0.487 e. The third-order valence-electron chi connectivity index (χ3n) is 3.34. The van der Waals surface area contributed by atoms with Gasteiger partial charge >= 0.3 is 0 Å². The second kappa shape index (κ2) is 6.41. The Hall–Kier alpha value is -1.65. The van der Waals surface area contributed by atoms with Gasteiger partial charge in [0.15, 0.2) is 0 Å². The van der Waals surface area contributed by atoms with E-state index in [1.165, 1.54) is 18.9 Å². The Labute approximate surface area is 128 Å². The summed E-state index contributed by atoms with van der Waals surface area (Å²) in [5.74, 6) is 0.264. The lowest BCUT2D eigenvalue weighted by molar-refractivity contribution is 0.304. The fourth-order valence-electron chi connectivity index (χ4n) is 1.93. The summed E-state index contributed by atoms with van der Waals surface area (Å²) >= 11 is 5.73. The number of ether oxygens (including phenoxy) is 1. The number of nitrogens with one attached hydrogen (secondary N) is 1. The molecule has 0 amide bonds. The average molecular weight is 307 g/mol. The molecular formula is C16H16ClFN2O. The molecule has 0 radical (unpaired) electrons. The van der Waals surface area contributed by atoms with Gasteiger partial charge in [0.05, 0.1) is 16.9 Å². The van der Waals surface area contributed by atoms with Gasteiger partial charge in [-0.3, -0.25) is 4.98 Å². The number of halogens is 2. The van der Waals surface area contributed by atoms with Gasteiger partial charge in [-0.25, -0.2) is 4.39 Å². The van der Waals surface area contributed by atoms with Gasteiger partial charge in [0, 0.05) is 12.6 Å². The molecule has 0 aliphatic heterocycles. The van der Waals surface area contributed by atoms with E-state index in [-0.39, 0.29) is 5.02 Å². The zero-order chi connectivity index (χ0) is 14.7. The molecule has 1 saturated carbocycles. The first kappa shape index (κ1) is 14.3. The van der Waals surface area contributed by atoms with Gasteiger partial charge in [-0.05, 0) is 42.7 Å². The van der Waals surface area contributed by atoms with Gasteiger partial charge in [0.2, 0.25) is 0 Å². The zero-order valence-corrected chi connectivity index (χ0v) is 12.2. The minimum atomic E-state index is -0.422. The van der Waals surface area contributed by atoms with Crippen LogP contribution in [0.3, 0.4) is 0 Å². The molecule has 3 nitrogen and oxygen atoms in total. The molecule has 1 N–H and O–H groups in total. The van der Waals surface area contributed by atoms with Crippen LogP contribution in [0.2, 0.25) is 5.02 Å². The summed E-state index contributed by atoms with van der Waals surface area (Å²) < 4.78 is 18.7. The first-order valence-corrected chi connectivity index (χ1v) is 7.33. The molecule has 0 bridgehead atoms. The molecule has 110 valence electrons. The molecule has 1 fully saturated rings. The van der Waals surface area contributed by atoms with E-state index in [0.717, 1.165) is 17.8 Å². The summed E-state index contributed by atoms with van der Waals surface area (Å²) in [6, 6.07) is 9.07. The smallest absolute Gasteiger partial charge is 0.141 e. The van der Waals surface area contributed by atoms with Crippen molar-refractivity contribution < 1.29 is 9.13 Å². The normalized spacial score (nSPS) is 14.2. The lowest BCUT2D eigenvalue weighted by Crippen LogP contribution is -2.16. The van der Waals surface area contributed by atoms with Crippen LogP contribution in [-0.2, 0) is 13.2 Å². The Kier molecular flexibility index (Phi) is 4.36. The fourth-order valence-corrected chi connectivity index (χ4v) is 2.14. The summed E-state index contributed by atoms with van der Waals surface area (Å²) in [6.07, 6.45) is 4.23. The van der Waals surface area contributed by atoms with Crippen LogP contribution in [0, 0.1) is 5.82 Å². The molecule has 3 rings (SSSR count). The van der Waals surface area contributed by atoms with Gasteiger partial charge in [0.25, 0.3) is 0 Å². The molecule has 0 atom stereocenters. The van der Waals surface area contributed by atoms with Crippen LogP contribution in [0.4, 0.5) is 4.39 Å². The number of hydrogen-bond donors (Lipinski definition) is 1. The van der Waals surface area contributed by atoms with E-state index in [9.17, 15) is 4.39 Å². The Morgan fingerprint density at radius 3 is 2.81 bits per heavy atom. The molecule has 1 aliphatic rings. The first-order valence-electron chi connectivity index (χ1n) is 6.96. The fraction of sp³-hybridized carbons (Fsp3) is 0.312. The molecule has 1 heterocycles. The maximum absolute atomic E-state index is 13.1. The van der Waals surface area contributed by atoms with E-state index < -0.39 is 5.82 Å². The van der Waals surface area contributed by atoms with Crippen molar-refractivity contribution in [1.29, 1.82) is 0 Å². The molecule has 5 heteroatoms. The maximum Gasteiger partial charge on any atom is 0.141 e. The molecule has 1 aromatic carbocycles. The molecule has 21 heavy (non-hydrogen) atoms. The quantitative estimate of drug-likeness (QED) is 0.883. The summed E-state index contributed by atoms with van der Waals surface area (Å²) in [5, 5.41) is 3.52. The monoisotopic (exact) mass is 306 g/mol. The topological polar surface area (TPSA) is 34.1 Å². The molecule has 0 saturated heterocycles. The Balaban J connectivity index is 1.53. The number of aromatic nitrogens is 1. The van der Waals surface area contributed by atoms with E-state index in [1.54, 1.807) is 18.3 Å². The van der Waals surface area contributed by atoms with Crippen molar-refractivity contribution >= 4 is 11.6 Å². The van der Waals surface area contributed by atoms with Crippen LogP contribution in [0.5, 0.6) is 5.75 Å². The van der Waals surface area contributed by atoms with Crippen LogP contribution in [0.15, 0.2) is 36.5 Å². The minimum absolute atomic E-state index is 0.107. The number of benzene rings is 1. The van der Waals surface area contributed by atoms with Crippen molar-refractivity contribution in [2.24, 2.45) is 0 Å². The van der Waals surface area contributed by atoms with E-state index >= 15 is 0 Å². The standard InChI is InChI=1S/C16H16ClFN2O/c17-15-7-11(1-6-16(15)18)10-21-14-5-4-13(20-9-14)8-19-12-2-3-12/h1,4-7,9,12,19H,2-3,8,10H2. The van der Waals surface area contributed by atoms with Gasteiger partial charge in [-0.2, -0.15) is 0 Å². The highest BCUT2D eigenvalue weighted by Gasteiger charge is 2.20. The van der Waals surface area contributed by atoms with Crippen LogP contribution >= 0.6 is 11.6 Å². The Morgan fingerprint density at radius 2 is 2.14 bits per heavy atom. The van der Waals surface area contributed by atoms with Crippen LogP contribution in [0.1, 0.15) is 24.1 Å². The molecule has 2 aromatic rings. The maximum atomic E-state index is 13.1. The van der Waals surface area contributed by atoms with Gasteiger partial charge < -0.3 is 10.1 Å². The first-order chi connectivity index (χ1) is 10.2. The van der Waals surface area contributed by atoms with E-state index in [2.05, 4.69) is 10.3 Å². The lowest BCUT2D eigenvalue weighted by Gasteiger charge is -2.08. The van der Waals surface area contributed by atoms with E-state index in [4.69, 9.17) is 16.3 Å². The summed E-state index contributed by atoms with van der Waals surface area (Å²) in [4.78, 5) is 4.35. The van der Waals surface area contributed by atoms with Crippen molar-refractivity contribution in [3.63, 3.8) is 0 Å². The van der Waals surface area contributed by atoms with Crippen molar-refractivity contribution in [2.75, 3.05) is 0 Å². The van der Waals surface area contributed by atoms with Gasteiger partial charge in [-0.15, -0.1) is 0 Å². The second-order valence-corrected chi connectivity index (χ2v) is 5.58. The Bertz CT molecular complexity index is 614. The number of hydrogen-bond acceptors (Lipinski definition) is 3. The zero-order valence-electron chi connectivity index (χ0n) is 11.5. The number of rotatable bonds is 6. The van der Waals surface area contributed by atoms with Crippen molar-refractivity contribution in [3.8, 4) is 5.75 Å². The summed E-state index contributed by atoms with van der Waals surface area (Å²) in [7, 11) is 0. The van der Waals surface area contributed by atoms with E-state index in [1.807, 2.05) is 12.1 Å². The van der Waals surface area contributed by atoms with Crippen LogP contribution in [-0.4, -0.2) is 11.0 Å². The molecule has 1 aliphatic carbocycles. The van der Waals surface area contributed by atoms with Gasteiger partial charge in [-0.1, -0.05) is 17.7 Å². The van der Waals surface area contributed by atoms with Gasteiger partial charge in [0.1, 0.15) is 18.2 Å². The highest BCUT2D eigenvalue weighted by Crippen LogP contribution is 2.20. The lowest BCUT2D eigenvalue weighted by atomic mass is 10.2. The highest BCUT2D eigenvalue weighted by molar-refractivity contribution is 6.30. The average Bonchev–Trinajstić information content (AvgIpc) is 3.32. The predicted octanol–water partition coefficient (Wildman–Crippen LogP) is 3.71. The Morgan fingerprint density at radius 1 is 1.29 bits per heavy atom. The molecule has 0 unspecified atom stereocenters. The third-order valence-corrected chi connectivity index (χ3v) is 3.63. The van der Waals surface area contributed by atoms with E-state index in [0.29, 0.717) is 18.4 Å². The van der Waals surface area contributed by atoms with Crippen molar-refractivity contribution in [2.45, 2.75) is 32.0 Å². The van der Waals surface area contributed by atoms with Crippen molar-refractivity contribution in [1.82, 2.24) is 10.3 Å². The largest absolute Gasteiger partial charge is 0.487 e. The summed E-state index contributed by atoms with van der Waals surface area (Å²) in [5.41, 5.74) is 1.82. The predicted molar refractivity (Wildman–Crippen MR) is 79.8 cm³/mol. The highest BCUT2D eigenvalue weighted by atomic mass is 35.5. The summed E-state index contributed by atoms with van der Waals surface area (Å²) in [6.45, 7) is 1.12. The number of nitrogens with zero attached hydrogens (tertiary/aromatic N) is 1. The molecular weight excluding hydrogens is 291 g/mol. The molecule has 0 spiro atoms. The molecule has 1 aromatic heterocycles.